The Morgan fingerprint density at radius 3 is 2.16 bits per heavy atom. The van der Waals surface area contributed by atoms with E-state index in [0.717, 1.165) is 20.3 Å². The van der Waals surface area contributed by atoms with Gasteiger partial charge < -0.3 is 9.73 Å². The number of fused-ring (bicyclic) bond motifs is 1. The van der Waals surface area contributed by atoms with Crippen molar-refractivity contribution in [3.63, 3.8) is 0 Å². The number of benzene rings is 4. The van der Waals surface area contributed by atoms with Crippen LogP contribution in [0.2, 0.25) is 0 Å². The normalized spacial score (nSPS) is 11.1. The Balaban J connectivity index is 1.45. The van der Waals surface area contributed by atoms with E-state index in [1.165, 1.54) is 0 Å². The fourth-order valence-electron chi connectivity index (χ4n) is 3.75. The molecule has 0 saturated heterocycles. The molecule has 0 unspecified atom stereocenters. The van der Waals surface area contributed by atoms with Gasteiger partial charge in [-0.25, -0.2) is 4.98 Å². The van der Waals surface area contributed by atoms with Gasteiger partial charge >= 0.3 is 0 Å². The molecule has 1 N–H and O–H groups in total. The smallest absolute Gasteiger partial charge is 0.236 e. The molecule has 0 aliphatic rings. The van der Waals surface area contributed by atoms with Crippen molar-refractivity contribution in [3.8, 4) is 11.5 Å². The average Bonchev–Trinajstić information content (AvgIpc) is 3.24. The summed E-state index contributed by atoms with van der Waals surface area (Å²) in [4.78, 5) is 18.0. The number of halogens is 1. The van der Waals surface area contributed by atoms with Crippen LogP contribution in [-0.4, -0.2) is 10.9 Å². The monoisotopic (exact) mass is 530 g/mol. The molecule has 0 atom stereocenters. The topological polar surface area (TPSA) is 55.1 Å². The summed E-state index contributed by atoms with van der Waals surface area (Å²) < 4.78 is 7.04. The number of hydrogen-bond acceptors (Lipinski definition) is 3. The second-order valence-electron chi connectivity index (χ2n) is 7.46. The van der Waals surface area contributed by atoms with Gasteiger partial charge in [0.1, 0.15) is 5.52 Å². The lowest BCUT2D eigenvalue weighted by Crippen LogP contribution is -2.22. The Morgan fingerprint density at radius 1 is 0.812 bits per heavy atom. The molecule has 0 fully saturated rings. The largest absolute Gasteiger partial charge is 0.436 e. The van der Waals surface area contributed by atoms with E-state index in [4.69, 9.17) is 4.42 Å². The third-order valence-corrected chi connectivity index (χ3v) is 5.93. The standard InChI is InChI=1S/C27H19IN2O2/c28-21-13-7-12-20(16-21)27-30-23-17-22(14-15-24(23)32-27)29-26(31)25(18-8-3-1-4-9-18)19-10-5-2-6-11-19/h1-17,25H,(H,29,31). The van der Waals surface area contributed by atoms with Crippen LogP contribution in [0.5, 0.6) is 0 Å². The van der Waals surface area contributed by atoms with Crippen LogP contribution in [0.1, 0.15) is 17.0 Å². The minimum absolute atomic E-state index is 0.0944. The average molecular weight is 530 g/mol. The zero-order valence-electron chi connectivity index (χ0n) is 17.0. The first kappa shape index (κ1) is 20.5. The van der Waals surface area contributed by atoms with Gasteiger partial charge in [-0.15, -0.1) is 0 Å². The van der Waals surface area contributed by atoms with Crippen molar-refractivity contribution in [1.29, 1.82) is 0 Å². The van der Waals surface area contributed by atoms with E-state index in [0.29, 0.717) is 22.7 Å². The van der Waals surface area contributed by atoms with Crippen LogP contribution in [-0.2, 0) is 4.79 Å². The van der Waals surface area contributed by atoms with Crippen molar-refractivity contribution in [3.05, 3.63) is 118 Å². The first-order chi connectivity index (χ1) is 15.7. The maximum atomic E-state index is 13.4. The van der Waals surface area contributed by atoms with Crippen LogP contribution in [0.3, 0.4) is 0 Å². The van der Waals surface area contributed by atoms with E-state index in [9.17, 15) is 4.79 Å². The molecule has 0 bridgehead atoms. The molecular weight excluding hydrogens is 511 g/mol. The molecule has 1 aromatic heterocycles. The van der Waals surface area contributed by atoms with E-state index in [1.54, 1.807) is 0 Å². The predicted octanol–water partition coefficient (Wildman–Crippen LogP) is 6.87. The SMILES string of the molecule is O=C(Nc1ccc2oc(-c3cccc(I)c3)nc2c1)C(c1ccccc1)c1ccccc1. The van der Waals surface area contributed by atoms with Crippen LogP contribution in [0.25, 0.3) is 22.6 Å². The summed E-state index contributed by atoms with van der Waals surface area (Å²) in [6.07, 6.45) is 0. The Bertz CT molecular complexity index is 1340. The molecule has 32 heavy (non-hydrogen) atoms. The quantitative estimate of drug-likeness (QED) is 0.253. The van der Waals surface area contributed by atoms with Crippen LogP contribution in [0, 0.1) is 3.57 Å². The van der Waals surface area contributed by atoms with Gasteiger partial charge in [-0.2, -0.15) is 0 Å². The molecule has 5 aromatic rings. The number of carbonyl (C=O) groups excluding carboxylic acids is 1. The summed E-state index contributed by atoms with van der Waals surface area (Å²) in [6.45, 7) is 0. The number of nitrogens with zero attached hydrogens (tertiary/aromatic N) is 1. The molecule has 0 aliphatic carbocycles. The van der Waals surface area contributed by atoms with Gasteiger partial charge in [-0.3, -0.25) is 4.79 Å². The Hall–Kier alpha value is -3.45. The summed E-state index contributed by atoms with van der Waals surface area (Å²) in [5, 5.41) is 3.07. The van der Waals surface area contributed by atoms with Gasteiger partial charge in [-0.05, 0) is 70.1 Å². The second kappa shape index (κ2) is 8.96. The number of nitrogens with one attached hydrogen (secondary N) is 1. The number of anilines is 1. The highest BCUT2D eigenvalue weighted by Gasteiger charge is 2.23. The molecule has 0 saturated carbocycles. The number of amides is 1. The Labute approximate surface area is 199 Å². The fourth-order valence-corrected chi connectivity index (χ4v) is 4.29. The summed E-state index contributed by atoms with van der Waals surface area (Å²) in [6, 6.07) is 33.2. The van der Waals surface area contributed by atoms with Crippen LogP contribution in [0.15, 0.2) is 108 Å². The molecule has 1 heterocycles. The molecule has 0 aliphatic heterocycles. The Kier molecular flexibility index (Phi) is 5.73. The maximum Gasteiger partial charge on any atom is 0.236 e. The summed E-state index contributed by atoms with van der Waals surface area (Å²) in [5.41, 5.74) is 4.88. The lowest BCUT2D eigenvalue weighted by molar-refractivity contribution is -0.116. The zero-order valence-corrected chi connectivity index (χ0v) is 19.2. The lowest BCUT2D eigenvalue weighted by atomic mass is 9.90. The third kappa shape index (κ3) is 4.29. The third-order valence-electron chi connectivity index (χ3n) is 5.25. The number of carbonyl (C=O) groups is 1. The first-order valence-corrected chi connectivity index (χ1v) is 11.3. The van der Waals surface area contributed by atoms with Crippen molar-refractivity contribution in [2.45, 2.75) is 5.92 Å². The highest BCUT2D eigenvalue weighted by molar-refractivity contribution is 14.1. The van der Waals surface area contributed by atoms with E-state index < -0.39 is 5.92 Å². The van der Waals surface area contributed by atoms with Crippen molar-refractivity contribution < 1.29 is 9.21 Å². The summed E-state index contributed by atoms with van der Waals surface area (Å²) >= 11 is 2.27. The van der Waals surface area contributed by atoms with Crippen LogP contribution >= 0.6 is 22.6 Å². The van der Waals surface area contributed by atoms with Crippen molar-refractivity contribution in [2.24, 2.45) is 0 Å². The highest BCUT2D eigenvalue weighted by atomic mass is 127. The number of aromatic nitrogens is 1. The Morgan fingerprint density at radius 2 is 1.50 bits per heavy atom. The van der Waals surface area contributed by atoms with E-state index in [2.05, 4.69) is 32.9 Å². The molecule has 156 valence electrons. The van der Waals surface area contributed by atoms with Gasteiger partial charge in [0.2, 0.25) is 11.8 Å². The number of rotatable bonds is 5. The van der Waals surface area contributed by atoms with Gasteiger partial charge in [0.25, 0.3) is 0 Å². The fraction of sp³-hybridized carbons (Fsp3) is 0.0370. The number of oxazole rings is 1. The zero-order chi connectivity index (χ0) is 21.9. The minimum atomic E-state index is -0.410. The summed E-state index contributed by atoms with van der Waals surface area (Å²) in [7, 11) is 0. The second-order valence-corrected chi connectivity index (χ2v) is 8.70. The van der Waals surface area contributed by atoms with Crippen molar-refractivity contribution in [1.82, 2.24) is 4.98 Å². The maximum absolute atomic E-state index is 13.4. The highest BCUT2D eigenvalue weighted by Crippen LogP contribution is 2.29. The van der Waals surface area contributed by atoms with Gasteiger partial charge in [-0.1, -0.05) is 66.7 Å². The van der Waals surface area contributed by atoms with Crippen LogP contribution in [0.4, 0.5) is 5.69 Å². The minimum Gasteiger partial charge on any atom is -0.436 e. The number of hydrogen-bond donors (Lipinski definition) is 1. The van der Waals surface area contributed by atoms with E-state index >= 15 is 0 Å². The predicted molar refractivity (Wildman–Crippen MR) is 136 cm³/mol. The van der Waals surface area contributed by atoms with Gasteiger partial charge in [0, 0.05) is 14.8 Å². The summed E-state index contributed by atoms with van der Waals surface area (Å²) in [5.74, 6) is 0.0592. The molecule has 4 nitrogen and oxygen atoms in total. The molecule has 0 spiro atoms. The van der Waals surface area contributed by atoms with Gasteiger partial charge in [0.15, 0.2) is 5.58 Å². The van der Waals surface area contributed by atoms with E-state index in [-0.39, 0.29) is 5.91 Å². The molecule has 0 radical (unpaired) electrons. The molecular formula is C27H19IN2O2. The van der Waals surface area contributed by atoms with E-state index in [1.807, 2.05) is 103 Å². The van der Waals surface area contributed by atoms with Crippen molar-refractivity contribution in [2.75, 3.05) is 5.32 Å². The molecule has 5 rings (SSSR count). The molecule has 4 aromatic carbocycles. The van der Waals surface area contributed by atoms with Crippen molar-refractivity contribution >= 4 is 45.3 Å². The van der Waals surface area contributed by atoms with Crippen LogP contribution < -0.4 is 5.32 Å². The molecule has 1 amide bonds. The first-order valence-electron chi connectivity index (χ1n) is 10.2. The molecule has 5 heteroatoms. The lowest BCUT2D eigenvalue weighted by Gasteiger charge is -2.18. The van der Waals surface area contributed by atoms with Gasteiger partial charge in [0.05, 0.1) is 5.92 Å².